The van der Waals surface area contributed by atoms with Crippen molar-refractivity contribution in [1.29, 1.82) is 0 Å². The number of hydrogen-bond donors (Lipinski definition) is 0. The molecule has 0 N–H and O–H groups in total. The summed E-state index contributed by atoms with van der Waals surface area (Å²) < 4.78 is 0. The maximum atomic E-state index is 12.6. The third-order valence-corrected chi connectivity index (χ3v) is 3.59. The molecular weight excluding hydrogens is 278 g/mol. The van der Waals surface area contributed by atoms with Crippen LogP contribution in [0.3, 0.4) is 0 Å². The Morgan fingerprint density at radius 2 is 1.59 bits per heavy atom. The molecule has 0 fully saturated rings. The Kier molecular flexibility index (Phi) is 3.66. The summed E-state index contributed by atoms with van der Waals surface area (Å²) in [5, 5.41) is 12.7. The largest absolute Gasteiger partial charge is 0.294 e. The molecule has 22 heavy (non-hydrogen) atoms. The Morgan fingerprint density at radius 3 is 2.32 bits per heavy atom. The highest BCUT2D eigenvalue weighted by molar-refractivity contribution is 6.12. The molecule has 0 saturated carbocycles. The van der Waals surface area contributed by atoms with Crippen molar-refractivity contribution in [3.05, 3.63) is 88.0 Å². The van der Waals surface area contributed by atoms with Crippen molar-refractivity contribution in [3.63, 3.8) is 0 Å². The van der Waals surface area contributed by atoms with Crippen LogP contribution in [0.2, 0.25) is 0 Å². The van der Waals surface area contributed by atoms with Crippen LogP contribution in [0.5, 0.6) is 0 Å². The number of nitrogens with zero attached hydrogens (tertiary/aromatic N) is 1. The molecular formula is C18H13NO3. The van der Waals surface area contributed by atoms with Crippen LogP contribution in [-0.2, 0) is 6.42 Å². The predicted octanol–water partition coefficient (Wildman–Crippen LogP) is 4.17. The summed E-state index contributed by atoms with van der Waals surface area (Å²) in [4.78, 5) is 23.4. The molecule has 3 rings (SSSR count). The second-order valence-corrected chi connectivity index (χ2v) is 5.02. The van der Waals surface area contributed by atoms with Gasteiger partial charge in [0, 0.05) is 12.5 Å². The zero-order chi connectivity index (χ0) is 15.5. The van der Waals surface area contributed by atoms with E-state index in [0.717, 1.165) is 10.9 Å². The van der Waals surface area contributed by atoms with Crippen molar-refractivity contribution in [2.75, 3.05) is 0 Å². The van der Waals surface area contributed by atoms with Gasteiger partial charge in [-0.15, -0.1) is 0 Å². The zero-order valence-electron chi connectivity index (χ0n) is 11.7. The zero-order valence-corrected chi connectivity index (χ0v) is 11.7. The fraction of sp³-hybridized carbons (Fsp3) is 0.0556. The van der Waals surface area contributed by atoms with Gasteiger partial charge in [-0.25, -0.2) is 0 Å². The number of rotatable bonds is 4. The van der Waals surface area contributed by atoms with Crippen LogP contribution < -0.4 is 0 Å². The van der Waals surface area contributed by atoms with Crippen molar-refractivity contribution < 1.29 is 9.72 Å². The Hall–Kier alpha value is -3.01. The number of fused-ring (bicyclic) bond motifs is 1. The van der Waals surface area contributed by atoms with Crippen LogP contribution in [-0.4, -0.2) is 10.7 Å². The van der Waals surface area contributed by atoms with Gasteiger partial charge in [0.05, 0.1) is 4.92 Å². The molecule has 0 radical (unpaired) electrons. The van der Waals surface area contributed by atoms with E-state index in [-0.39, 0.29) is 23.5 Å². The summed E-state index contributed by atoms with van der Waals surface area (Å²) in [7, 11) is 0. The van der Waals surface area contributed by atoms with Crippen LogP contribution in [0.1, 0.15) is 15.9 Å². The molecule has 0 unspecified atom stereocenters. The molecule has 0 amide bonds. The molecule has 3 aromatic carbocycles. The lowest BCUT2D eigenvalue weighted by Gasteiger charge is -2.07. The van der Waals surface area contributed by atoms with Crippen molar-refractivity contribution in [2.45, 2.75) is 6.42 Å². The Bertz CT molecular complexity index is 857. The summed E-state index contributed by atoms with van der Waals surface area (Å²) >= 11 is 0. The van der Waals surface area contributed by atoms with Crippen LogP contribution >= 0.6 is 0 Å². The van der Waals surface area contributed by atoms with E-state index in [1.165, 1.54) is 6.07 Å². The number of nitro benzene ring substituents is 1. The van der Waals surface area contributed by atoms with E-state index in [9.17, 15) is 14.9 Å². The summed E-state index contributed by atoms with van der Waals surface area (Å²) in [6.07, 6.45) is 0.148. The molecule has 108 valence electrons. The van der Waals surface area contributed by atoms with E-state index in [2.05, 4.69) is 0 Å². The lowest BCUT2D eigenvalue weighted by atomic mass is 9.96. The second kappa shape index (κ2) is 5.77. The minimum absolute atomic E-state index is 0.139. The van der Waals surface area contributed by atoms with E-state index in [1.807, 2.05) is 42.5 Å². The molecule has 4 heteroatoms. The Balaban J connectivity index is 2.13. The number of hydrogen-bond acceptors (Lipinski definition) is 3. The first kappa shape index (κ1) is 13.9. The van der Waals surface area contributed by atoms with Crippen LogP contribution in [0, 0.1) is 10.1 Å². The SMILES string of the molecule is O=C(Cc1ccccc1)c1c([N+](=O)[O-])ccc2ccccc12. The van der Waals surface area contributed by atoms with Gasteiger partial charge in [0.25, 0.3) is 5.69 Å². The van der Waals surface area contributed by atoms with Crippen LogP contribution in [0.15, 0.2) is 66.7 Å². The third-order valence-electron chi connectivity index (χ3n) is 3.59. The highest BCUT2D eigenvalue weighted by Crippen LogP contribution is 2.29. The lowest BCUT2D eigenvalue weighted by molar-refractivity contribution is -0.385. The van der Waals surface area contributed by atoms with E-state index < -0.39 is 4.92 Å². The summed E-state index contributed by atoms with van der Waals surface area (Å²) in [6.45, 7) is 0. The Labute approximate surface area is 127 Å². The quantitative estimate of drug-likeness (QED) is 0.411. The molecule has 3 aromatic rings. The molecule has 0 aliphatic rings. The second-order valence-electron chi connectivity index (χ2n) is 5.02. The smallest absolute Gasteiger partial charge is 0.280 e. The molecule has 4 nitrogen and oxygen atoms in total. The Morgan fingerprint density at radius 1 is 0.909 bits per heavy atom. The minimum Gasteiger partial charge on any atom is -0.294 e. The monoisotopic (exact) mass is 291 g/mol. The fourth-order valence-electron chi connectivity index (χ4n) is 2.57. The number of Topliss-reactive ketones (excluding diaryl/α,β-unsaturated/α-hetero) is 1. The van der Waals surface area contributed by atoms with Gasteiger partial charge in [0.2, 0.25) is 0 Å². The molecule has 0 heterocycles. The average molecular weight is 291 g/mol. The minimum atomic E-state index is -0.495. The van der Waals surface area contributed by atoms with Crippen LogP contribution in [0.4, 0.5) is 5.69 Å². The summed E-state index contributed by atoms with van der Waals surface area (Å²) in [5.74, 6) is -0.241. The highest BCUT2D eigenvalue weighted by atomic mass is 16.6. The number of carbonyl (C=O) groups excluding carboxylic acids is 1. The van der Waals surface area contributed by atoms with Gasteiger partial charge in [-0.1, -0.05) is 54.6 Å². The summed E-state index contributed by atoms with van der Waals surface area (Å²) in [6, 6.07) is 19.6. The number of carbonyl (C=O) groups is 1. The normalized spacial score (nSPS) is 10.5. The van der Waals surface area contributed by atoms with E-state index in [0.29, 0.717) is 5.39 Å². The van der Waals surface area contributed by atoms with E-state index >= 15 is 0 Å². The number of ketones is 1. The predicted molar refractivity (Wildman–Crippen MR) is 85.1 cm³/mol. The molecule has 0 saturated heterocycles. The van der Waals surface area contributed by atoms with Gasteiger partial charge < -0.3 is 0 Å². The van der Waals surface area contributed by atoms with Gasteiger partial charge in [0.1, 0.15) is 5.56 Å². The molecule has 0 aliphatic heterocycles. The lowest BCUT2D eigenvalue weighted by Crippen LogP contribution is -2.08. The summed E-state index contributed by atoms with van der Waals surface area (Å²) in [5.41, 5.74) is 0.890. The number of benzene rings is 3. The van der Waals surface area contributed by atoms with Gasteiger partial charge in [-0.05, 0) is 22.4 Å². The molecule has 0 atom stereocenters. The molecule has 0 aromatic heterocycles. The van der Waals surface area contributed by atoms with Gasteiger partial charge in [0.15, 0.2) is 5.78 Å². The standard InChI is InChI=1S/C18H13NO3/c20-17(12-13-6-2-1-3-7-13)18-15-9-5-4-8-14(15)10-11-16(18)19(21)22/h1-11H,12H2. The first-order valence-electron chi connectivity index (χ1n) is 6.90. The first-order valence-corrected chi connectivity index (χ1v) is 6.90. The van der Waals surface area contributed by atoms with Crippen molar-refractivity contribution in [2.24, 2.45) is 0 Å². The van der Waals surface area contributed by atoms with Crippen molar-refractivity contribution in [3.8, 4) is 0 Å². The van der Waals surface area contributed by atoms with Gasteiger partial charge in [-0.3, -0.25) is 14.9 Å². The molecule has 0 spiro atoms. The maximum absolute atomic E-state index is 12.6. The van der Waals surface area contributed by atoms with Crippen LogP contribution in [0.25, 0.3) is 10.8 Å². The highest BCUT2D eigenvalue weighted by Gasteiger charge is 2.22. The molecule has 0 bridgehead atoms. The third kappa shape index (κ3) is 2.59. The van der Waals surface area contributed by atoms with E-state index in [4.69, 9.17) is 0 Å². The van der Waals surface area contributed by atoms with Gasteiger partial charge >= 0.3 is 0 Å². The van der Waals surface area contributed by atoms with Gasteiger partial charge in [-0.2, -0.15) is 0 Å². The average Bonchev–Trinajstić information content (AvgIpc) is 2.54. The van der Waals surface area contributed by atoms with Crippen molar-refractivity contribution in [1.82, 2.24) is 0 Å². The topological polar surface area (TPSA) is 60.2 Å². The van der Waals surface area contributed by atoms with Crippen molar-refractivity contribution >= 4 is 22.2 Å². The molecule has 0 aliphatic carbocycles. The maximum Gasteiger partial charge on any atom is 0.280 e. The van der Waals surface area contributed by atoms with E-state index in [1.54, 1.807) is 18.2 Å². The number of nitro groups is 1. The first-order chi connectivity index (χ1) is 10.7. The fourth-order valence-corrected chi connectivity index (χ4v) is 2.57.